The number of rotatable bonds is 4. The normalized spacial score (nSPS) is 20.3. The number of carbonyl (C=O) groups excluding carboxylic acids is 2. The van der Waals surface area contributed by atoms with E-state index >= 15 is 0 Å². The largest absolute Gasteiger partial charge is 0.327 e. The Morgan fingerprint density at radius 1 is 1.53 bits per heavy atom. The summed E-state index contributed by atoms with van der Waals surface area (Å²) in [5.74, 6) is 0.412. The maximum Gasteiger partial charge on any atom is 0.323 e. The van der Waals surface area contributed by atoms with Crippen molar-refractivity contribution >= 4 is 23.5 Å². The summed E-state index contributed by atoms with van der Waals surface area (Å²) < 4.78 is 0. The predicted molar refractivity (Wildman–Crippen MR) is 67.1 cm³/mol. The molecule has 0 bridgehead atoms. The quantitative estimate of drug-likeness (QED) is 0.760. The molecule has 3 amide bonds. The monoisotopic (exact) mass is 261 g/mol. The molecule has 1 rings (SSSR count). The molecule has 6 heteroatoms. The fourth-order valence-corrected chi connectivity index (χ4v) is 2.18. The molecule has 0 aromatic rings. The van der Waals surface area contributed by atoms with Gasteiger partial charge in [-0.2, -0.15) is 0 Å². The SMILES string of the molecule is CN1CCC(CN(C)C(=O)NC(=O)CCCl)C1. The maximum absolute atomic E-state index is 11.6. The molecule has 0 aliphatic carbocycles. The molecule has 0 aromatic carbocycles. The molecule has 0 aromatic heterocycles. The minimum absolute atomic E-state index is 0.174. The first-order chi connectivity index (χ1) is 8.02. The van der Waals surface area contributed by atoms with E-state index in [1.165, 1.54) is 0 Å². The lowest BCUT2D eigenvalue weighted by Crippen LogP contribution is -2.43. The summed E-state index contributed by atoms with van der Waals surface area (Å²) in [6.45, 7) is 2.77. The minimum atomic E-state index is -0.338. The van der Waals surface area contributed by atoms with Crippen molar-refractivity contribution < 1.29 is 9.59 Å². The molecule has 1 saturated heterocycles. The van der Waals surface area contributed by atoms with Gasteiger partial charge in [0.2, 0.25) is 5.91 Å². The van der Waals surface area contributed by atoms with Crippen LogP contribution < -0.4 is 5.32 Å². The summed E-state index contributed by atoms with van der Waals surface area (Å²) in [5.41, 5.74) is 0. The van der Waals surface area contributed by atoms with Crippen molar-refractivity contribution in [2.75, 3.05) is 39.6 Å². The van der Waals surface area contributed by atoms with Gasteiger partial charge in [-0.15, -0.1) is 11.6 Å². The Morgan fingerprint density at radius 2 is 2.24 bits per heavy atom. The number of halogens is 1. The van der Waals surface area contributed by atoms with Crippen molar-refractivity contribution in [3.05, 3.63) is 0 Å². The third-order valence-corrected chi connectivity index (χ3v) is 3.12. The molecule has 1 N–H and O–H groups in total. The molecular weight excluding hydrogens is 242 g/mol. The molecule has 1 fully saturated rings. The van der Waals surface area contributed by atoms with E-state index < -0.39 is 0 Å². The highest BCUT2D eigenvalue weighted by Gasteiger charge is 2.23. The van der Waals surface area contributed by atoms with Gasteiger partial charge in [0.15, 0.2) is 0 Å². The van der Waals surface area contributed by atoms with E-state index in [4.69, 9.17) is 11.6 Å². The molecule has 0 saturated carbocycles. The van der Waals surface area contributed by atoms with E-state index in [9.17, 15) is 9.59 Å². The summed E-state index contributed by atoms with van der Waals surface area (Å²) in [6, 6.07) is -0.338. The van der Waals surface area contributed by atoms with Crippen molar-refractivity contribution in [2.24, 2.45) is 5.92 Å². The van der Waals surface area contributed by atoms with Crippen molar-refractivity contribution in [1.29, 1.82) is 0 Å². The van der Waals surface area contributed by atoms with Gasteiger partial charge in [-0.25, -0.2) is 4.79 Å². The number of alkyl halides is 1. The molecule has 1 atom stereocenters. The van der Waals surface area contributed by atoms with Crippen LogP contribution in [0.1, 0.15) is 12.8 Å². The van der Waals surface area contributed by atoms with E-state index in [2.05, 4.69) is 17.3 Å². The number of hydrogen-bond acceptors (Lipinski definition) is 3. The fourth-order valence-electron chi connectivity index (χ4n) is 2.01. The molecule has 98 valence electrons. The number of nitrogens with one attached hydrogen (secondary N) is 1. The Kier molecular flexibility index (Phi) is 5.71. The fraction of sp³-hybridized carbons (Fsp3) is 0.818. The summed E-state index contributed by atoms with van der Waals surface area (Å²) in [4.78, 5) is 26.6. The van der Waals surface area contributed by atoms with Crippen LogP contribution in [0.3, 0.4) is 0 Å². The zero-order chi connectivity index (χ0) is 12.8. The predicted octanol–water partition coefficient (Wildman–Crippen LogP) is 0.735. The lowest BCUT2D eigenvalue weighted by molar-refractivity contribution is -0.119. The number of nitrogens with zero attached hydrogens (tertiary/aromatic N) is 2. The Labute approximate surface area is 107 Å². The maximum atomic E-state index is 11.6. The lowest BCUT2D eigenvalue weighted by Gasteiger charge is -2.21. The zero-order valence-corrected chi connectivity index (χ0v) is 11.2. The standard InChI is InChI=1S/C11H20ClN3O2/c1-14-6-4-9(7-14)8-15(2)11(17)13-10(16)3-5-12/h9H,3-8H2,1-2H3,(H,13,16,17). The van der Waals surface area contributed by atoms with E-state index in [0.717, 1.165) is 19.5 Å². The van der Waals surface area contributed by atoms with Gasteiger partial charge in [0.05, 0.1) is 0 Å². The minimum Gasteiger partial charge on any atom is -0.327 e. The van der Waals surface area contributed by atoms with Crippen LogP contribution in [0.5, 0.6) is 0 Å². The van der Waals surface area contributed by atoms with Crippen LogP contribution in [-0.2, 0) is 4.79 Å². The second-order valence-electron chi connectivity index (χ2n) is 4.59. The van der Waals surface area contributed by atoms with E-state index in [-0.39, 0.29) is 24.2 Å². The average Bonchev–Trinajstić information content (AvgIpc) is 2.64. The van der Waals surface area contributed by atoms with Gasteiger partial charge >= 0.3 is 6.03 Å². The Balaban J connectivity index is 2.29. The number of carbonyl (C=O) groups is 2. The van der Waals surface area contributed by atoms with Gasteiger partial charge in [0.1, 0.15) is 0 Å². The van der Waals surface area contributed by atoms with Crippen LogP contribution in [-0.4, -0.2) is 61.3 Å². The molecular formula is C11H20ClN3O2. The average molecular weight is 262 g/mol. The van der Waals surface area contributed by atoms with E-state index in [0.29, 0.717) is 12.5 Å². The molecule has 1 unspecified atom stereocenters. The van der Waals surface area contributed by atoms with Crippen LogP contribution in [0.2, 0.25) is 0 Å². The second kappa shape index (κ2) is 6.81. The topological polar surface area (TPSA) is 52.6 Å². The smallest absolute Gasteiger partial charge is 0.323 e. The van der Waals surface area contributed by atoms with Crippen LogP contribution in [0.25, 0.3) is 0 Å². The Hall–Kier alpha value is -0.810. The van der Waals surface area contributed by atoms with E-state index in [1.54, 1.807) is 11.9 Å². The first-order valence-electron chi connectivity index (χ1n) is 5.82. The molecule has 5 nitrogen and oxygen atoms in total. The third-order valence-electron chi connectivity index (χ3n) is 2.94. The summed E-state index contributed by atoms with van der Waals surface area (Å²) in [7, 11) is 3.78. The highest BCUT2D eigenvalue weighted by molar-refractivity contribution is 6.19. The summed E-state index contributed by atoms with van der Waals surface area (Å²) in [5, 5.41) is 2.32. The summed E-state index contributed by atoms with van der Waals surface area (Å²) >= 11 is 5.42. The highest BCUT2D eigenvalue weighted by atomic mass is 35.5. The van der Waals surface area contributed by atoms with Gasteiger partial charge in [0.25, 0.3) is 0 Å². The number of hydrogen-bond donors (Lipinski definition) is 1. The Bertz CT molecular complexity index is 286. The van der Waals surface area contributed by atoms with Gasteiger partial charge in [0, 0.05) is 32.4 Å². The Morgan fingerprint density at radius 3 is 2.76 bits per heavy atom. The molecule has 17 heavy (non-hydrogen) atoms. The van der Waals surface area contributed by atoms with Gasteiger partial charge in [-0.1, -0.05) is 0 Å². The molecule has 0 radical (unpaired) electrons. The van der Waals surface area contributed by atoms with E-state index in [1.807, 2.05) is 0 Å². The first kappa shape index (κ1) is 14.3. The van der Waals surface area contributed by atoms with Crippen molar-refractivity contribution in [1.82, 2.24) is 15.1 Å². The molecule has 0 spiro atoms. The first-order valence-corrected chi connectivity index (χ1v) is 6.36. The van der Waals surface area contributed by atoms with Crippen LogP contribution >= 0.6 is 11.6 Å². The van der Waals surface area contributed by atoms with Crippen LogP contribution in [0, 0.1) is 5.92 Å². The molecule has 1 aliphatic heterocycles. The van der Waals surface area contributed by atoms with Crippen LogP contribution in [0.15, 0.2) is 0 Å². The lowest BCUT2D eigenvalue weighted by atomic mass is 10.1. The van der Waals surface area contributed by atoms with Gasteiger partial charge in [-0.05, 0) is 25.9 Å². The zero-order valence-electron chi connectivity index (χ0n) is 10.4. The number of amides is 3. The number of urea groups is 1. The highest BCUT2D eigenvalue weighted by Crippen LogP contribution is 2.14. The van der Waals surface area contributed by atoms with Crippen molar-refractivity contribution in [3.63, 3.8) is 0 Å². The second-order valence-corrected chi connectivity index (χ2v) is 4.97. The number of imide groups is 1. The summed E-state index contributed by atoms with van der Waals surface area (Å²) in [6.07, 6.45) is 1.27. The van der Waals surface area contributed by atoms with Crippen LogP contribution in [0.4, 0.5) is 4.79 Å². The van der Waals surface area contributed by atoms with Crippen molar-refractivity contribution in [3.8, 4) is 0 Å². The van der Waals surface area contributed by atoms with Crippen molar-refractivity contribution in [2.45, 2.75) is 12.8 Å². The molecule has 1 aliphatic rings. The number of likely N-dealkylation sites (tertiary alicyclic amines) is 1. The van der Waals surface area contributed by atoms with Gasteiger partial charge < -0.3 is 9.80 Å². The molecule has 1 heterocycles. The van der Waals surface area contributed by atoms with Gasteiger partial charge in [-0.3, -0.25) is 10.1 Å². The third kappa shape index (κ3) is 4.91.